The summed E-state index contributed by atoms with van der Waals surface area (Å²) in [5, 5.41) is 7.10. The van der Waals surface area contributed by atoms with Gasteiger partial charge in [-0.25, -0.2) is 0 Å². The van der Waals surface area contributed by atoms with Gasteiger partial charge in [0.2, 0.25) is 5.91 Å². The Morgan fingerprint density at radius 2 is 2.00 bits per heavy atom. The Morgan fingerprint density at radius 1 is 1.19 bits per heavy atom. The van der Waals surface area contributed by atoms with Crippen LogP contribution in [0.25, 0.3) is 0 Å². The van der Waals surface area contributed by atoms with E-state index in [9.17, 15) is 4.79 Å². The summed E-state index contributed by atoms with van der Waals surface area (Å²) >= 11 is 0. The minimum atomic E-state index is 0.0750. The smallest absolute Gasteiger partial charge is 0.238 e. The highest BCUT2D eigenvalue weighted by Gasteiger charge is 2.35. The van der Waals surface area contributed by atoms with Crippen molar-refractivity contribution in [3.05, 3.63) is 47.3 Å². The van der Waals surface area contributed by atoms with Gasteiger partial charge in [0.1, 0.15) is 5.76 Å². The van der Waals surface area contributed by atoms with E-state index in [1.54, 1.807) is 0 Å². The Bertz CT molecular complexity index is 769. The van der Waals surface area contributed by atoms with Gasteiger partial charge in [-0.2, -0.15) is 0 Å². The normalized spacial score (nSPS) is 23.3. The molecule has 0 radical (unpaired) electrons. The fraction of sp³-hybridized carbons (Fsp3) is 0.524. The van der Waals surface area contributed by atoms with Gasteiger partial charge in [-0.05, 0) is 44.7 Å². The molecule has 3 saturated heterocycles. The van der Waals surface area contributed by atoms with Crippen molar-refractivity contribution < 1.29 is 9.32 Å². The topological polar surface area (TPSA) is 61.6 Å². The summed E-state index contributed by atoms with van der Waals surface area (Å²) in [6.07, 6.45) is 2.42. The monoisotopic (exact) mass is 368 g/mol. The van der Waals surface area contributed by atoms with E-state index < -0.39 is 0 Å². The number of para-hydroxylation sites is 1. The van der Waals surface area contributed by atoms with Gasteiger partial charge in [0, 0.05) is 43.5 Å². The molecule has 3 aliphatic heterocycles. The predicted molar refractivity (Wildman–Crippen MR) is 104 cm³/mol. The molecule has 6 nitrogen and oxygen atoms in total. The molecule has 0 aliphatic carbocycles. The first-order valence-corrected chi connectivity index (χ1v) is 9.81. The van der Waals surface area contributed by atoms with Crippen molar-refractivity contribution in [2.75, 3.05) is 31.5 Å². The minimum absolute atomic E-state index is 0.0750. The van der Waals surface area contributed by atoms with Gasteiger partial charge in [-0.15, -0.1) is 0 Å². The number of aromatic nitrogens is 1. The van der Waals surface area contributed by atoms with Crippen LogP contribution in [0.5, 0.6) is 0 Å². The zero-order valence-electron chi connectivity index (χ0n) is 16.1. The van der Waals surface area contributed by atoms with E-state index >= 15 is 0 Å². The molecule has 1 aromatic carbocycles. The third-order valence-corrected chi connectivity index (χ3v) is 5.87. The van der Waals surface area contributed by atoms with Crippen LogP contribution >= 0.6 is 0 Å². The van der Waals surface area contributed by atoms with E-state index in [2.05, 4.69) is 20.3 Å². The molecule has 0 spiro atoms. The van der Waals surface area contributed by atoms with E-state index in [1.165, 1.54) is 18.4 Å². The van der Waals surface area contributed by atoms with Crippen molar-refractivity contribution in [2.45, 2.75) is 39.3 Å². The lowest BCUT2D eigenvalue weighted by Crippen LogP contribution is -2.47. The molecule has 1 aromatic heterocycles. The molecule has 3 fully saturated rings. The molecule has 2 aromatic rings. The number of carbonyl (C=O) groups excluding carboxylic acids is 1. The van der Waals surface area contributed by atoms with Crippen LogP contribution in [-0.2, 0) is 11.3 Å². The van der Waals surface area contributed by atoms with E-state index in [-0.39, 0.29) is 5.91 Å². The molecule has 144 valence electrons. The molecule has 1 N–H and O–H groups in total. The van der Waals surface area contributed by atoms with Crippen LogP contribution in [0.2, 0.25) is 0 Å². The number of rotatable bonds is 5. The van der Waals surface area contributed by atoms with Gasteiger partial charge < -0.3 is 9.84 Å². The lowest BCUT2D eigenvalue weighted by molar-refractivity contribution is -0.118. The second-order valence-electron chi connectivity index (χ2n) is 7.94. The molecule has 27 heavy (non-hydrogen) atoms. The van der Waals surface area contributed by atoms with Gasteiger partial charge in [0.15, 0.2) is 0 Å². The molecule has 0 saturated carbocycles. The first-order chi connectivity index (χ1) is 13.1. The fourth-order valence-corrected chi connectivity index (χ4v) is 4.46. The molecule has 1 amide bonds. The maximum Gasteiger partial charge on any atom is 0.238 e. The van der Waals surface area contributed by atoms with Crippen LogP contribution in [0, 0.1) is 19.8 Å². The number of amides is 1. The number of nitrogens with zero attached hydrogens (tertiary/aromatic N) is 3. The van der Waals surface area contributed by atoms with Crippen molar-refractivity contribution in [1.29, 1.82) is 0 Å². The Hall–Kier alpha value is -2.18. The van der Waals surface area contributed by atoms with Crippen LogP contribution in [0.3, 0.4) is 0 Å². The van der Waals surface area contributed by atoms with E-state index in [4.69, 9.17) is 4.52 Å². The Balaban J connectivity index is 1.38. The molecule has 5 rings (SSSR count). The number of anilines is 1. The lowest BCUT2D eigenvalue weighted by atomic mass is 9.95. The molecule has 2 bridgehead atoms. The summed E-state index contributed by atoms with van der Waals surface area (Å²) in [6.45, 7) is 8.44. The first-order valence-electron chi connectivity index (χ1n) is 9.81. The lowest BCUT2D eigenvalue weighted by Gasteiger charge is -2.35. The molecule has 6 heteroatoms. The number of piperidine rings is 1. The molecule has 4 heterocycles. The van der Waals surface area contributed by atoms with Gasteiger partial charge in [0.25, 0.3) is 0 Å². The SMILES string of the molecule is Cc1noc(C)c1CN1C[C@H]2CC[C@@H](C1)N(CC(=O)Nc1ccccc1)C2. The number of hydrogen-bond donors (Lipinski definition) is 1. The van der Waals surface area contributed by atoms with E-state index in [1.807, 2.05) is 44.2 Å². The number of fused-ring (bicyclic) bond motifs is 4. The standard InChI is InChI=1S/C21H28N4O2/c1-15-20(16(2)27-23-15)13-24-10-17-8-9-19(12-24)25(11-17)14-21(26)22-18-6-4-3-5-7-18/h3-7,17,19H,8-14H2,1-2H3,(H,22,26)/t17-,19+/m1/s1. The van der Waals surface area contributed by atoms with Crippen LogP contribution in [0.15, 0.2) is 34.9 Å². The molecule has 2 atom stereocenters. The molecule has 0 unspecified atom stereocenters. The van der Waals surface area contributed by atoms with Crippen molar-refractivity contribution >= 4 is 11.6 Å². The second kappa shape index (κ2) is 7.82. The van der Waals surface area contributed by atoms with Gasteiger partial charge >= 0.3 is 0 Å². The van der Waals surface area contributed by atoms with Crippen LogP contribution in [0.1, 0.15) is 29.9 Å². The third kappa shape index (κ3) is 4.22. The quantitative estimate of drug-likeness (QED) is 0.879. The Labute approximate surface area is 160 Å². The summed E-state index contributed by atoms with van der Waals surface area (Å²) in [4.78, 5) is 17.4. The maximum absolute atomic E-state index is 12.5. The maximum atomic E-state index is 12.5. The number of hydrogen-bond acceptors (Lipinski definition) is 5. The van der Waals surface area contributed by atoms with E-state index in [0.29, 0.717) is 18.5 Å². The Morgan fingerprint density at radius 3 is 2.74 bits per heavy atom. The van der Waals surface area contributed by atoms with Crippen molar-refractivity contribution in [3.8, 4) is 0 Å². The summed E-state index contributed by atoms with van der Waals surface area (Å²) in [5.41, 5.74) is 3.07. The Kier molecular flexibility index (Phi) is 5.27. The first kappa shape index (κ1) is 18.2. The zero-order chi connectivity index (χ0) is 18.8. The van der Waals surface area contributed by atoms with Crippen LogP contribution < -0.4 is 5.32 Å². The highest BCUT2D eigenvalue weighted by Crippen LogP contribution is 2.29. The number of nitrogens with one attached hydrogen (secondary N) is 1. The van der Waals surface area contributed by atoms with E-state index in [0.717, 1.165) is 43.3 Å². The highest BCUT2D eigenvalue weighted by molar-refractivity contribution is 5.92. The molecular formula is C21H28N4O2. The molecular weight excluding hydrogens is 340 g/mol. The summed E-state index contributed by atoms with van der Waals surface area (Å²) in [5.74, 6) is 1.61. The average molecular weight is 368 g/mol. The summed E-state index contributed by atoms with van der Waals surface area (Å²) in [7, 11) is 0. The van der Waals surface area contributed by atoms with Crippen LogP contribution in [-0.4, -0.2) is 53.1 Å². The van der Waals surface area contributed by atoms with Crippen LogP contribution in [0.4, 0.5) is 5.69 Å². The number of carbonyl (C=O) groups is 1. The average Bonchev–Trinajstić information content (AvgIpc) is 2.82. The number of benzene rings is 1. The van der Waals surface area contributed by atoms with Gasteiger partial charge in [-0.3, -0.25) is 14.6 Å². The summed E-state index contributed by atoms with van der Waals surface area (Å²) < 4.78 is 5.33. The van der Waals surface area contributed by atoms with Crippen molar-refractivity contribution in [1.82, 2.24) is 15.0 Å². The highest BCUT2D eigenvalue weighted by atomic mass is 16.5. The predicted octanol–water partition coefficient (Wildman–Crippen LogP) is 2.83. The largest absolute Gasteiger partial charge is 0.361 e. The number of aryl methyl sites for hydroxylation is 2. The van der Waals surface area contributed by atoms with Crippen molar-refractivity contribution in [3.63, 3.8) is 0 Å². The van der Waals surface area contributed by atoms with Gasteiger partial charge in [0.05, 0.1) is 12.2 Å². The summed E-state index contributed by atoms with van der Waals surface area (Å²) in [6, 6.07) is 10.1. The minimum Gasteiger partial charge on any atom is -0.361 e. The second-order valence-corrected chi connectivity index (χ2v) is 7.94. The third-order valence-electron chi connectivity index (χ3n) is 5.87. The zero-order valence-corrected chi connectivity index (χ0v) is 16.1. The van der Waals surface area contributed by atoms with Gasteiger partial charge in [-0.1, -0.05) is 23.4 Å². The fourth-order valence-electron chi connectivity index (χ4n) is 4.46. The molecule has 3 aliphatic rings. The van der Waals surface area contributed by atoms with Crippen molar-refractivity contribution in [2.24, 2.45) is 5.92 Å².